The van der Waals surface area contributed by atoms with Crippen molar-refractivity contribution in [1.82, 2.24) is 9.97 Å². The van der Waals surface area contributed by atoms with Crippen LogP contribution in [-0.2, 0) is 6.42 Å². The smallest absolute Gasteiger partial charge is 0.161 e. The second kappa shape index (κ2) is 5.57. The molecule has 0 unspecified atom stereocenters. The predicted octanol–water partition coefficient (Wildman–Crippen LogP) is 4.17. The van der Waals surface area contributed by atoms with E-state index in [9.17, 15) is 13.2 Å². The third-order valence-electron chi connectivity index (χ3n) is 2.50. The number of rotatable bonds is 3. The second-order valence-corrected chi connectivity index (χ2v) is 4.38. The lowest BCUT2D eigenvalue weighted by Gasteiger charge is -2.06. The van der Waals surface area contributed by atoms with Gasteiger partial charge in [-0.25, -0.2) is 23.1 Å². The van der Waals surface area contributed by atoms with Gasteiger partial charge in [0.25, 0.3) is 0 Å². The first-order valence-corrected chi connectivity index (χ1v) is 6.07. The lowest BCUT2D eigenvalue weighted by atomic mass is 10.1. The highest BCUT2D eigenvalue weighted by Crippen LogP contribution is 2.25. The fraction of sp³-hybridized carbons (Fsp3) is 0.231. The Balaban J connectivity index is 2.55. The number of aryl methyl sites for hydroxylation is 1. The highest BCUT2D eigenvalue weighted by molar-refractivity contribution is 6.29. The first-order valence-electron chi connectivity index (χ1n) is 5.69. The largest absolute Gasteiger partial charge is 0.233 e. The molecule has 1 heterocycles. The molecule has 0 aliphatic heterocycles. The molecule has 0 bridgehead atoms. The first-order chi connectivity index (χ1) is 9.01. The van der Waals surface area contributed by atoms with Crippen molar-refractivity contribution in [2.45, 2.75) is 19.8 Å². The Morgan fingerprint density at radius 3 is 2.37 bits per heavy atom. The van der Waals surface area contributed by atoms with E-state index in [1.54, 1.807) is 0 Å². The SMILES string of the molecule is CCCc1nc(Cl)cc(-c2cc(F)c(F)cc2F)n1. The highest BCUT2D eigenvalue weighted by atomic mass is 35.5. The molecule has 1 aromatic carbocycles. The molecular weight excluding hydrogens is 277 g/mol. The molecule has 0 aliphatic carbocycles. The Labute approximate surface area is 113 Å². The van der Waals surface area contributed by atoms with Gasteiger partial charge in [-0.3, -0.25) is 0 Å². The molecule has 0 saturated heterocycles. The average Bonchev–Trinajstić information content (AvgIpc) is 2.33. The van der Waals surface area contributed by atoms with Gasteiger partial charge in [0.1, 0.15) is 16.8 Å². The molecule has 0 atom stereocenters. The number of halogens is 4. The minimum atomic E-state index is -1.24. The molecule has 0 saturated carbocycles. The minimum Gasteiger partial charge on any atom is -0.233 e. The van der Waals surface area contributed by atoms with Crippen LogP contribution in [0.5, 0.6) is 0 Å². The van der Waals surface area contributed by atoms with Crippen molar-refractivity contribution < 1.29 is 13.2 Å². The van der Waals surface area contributed by atoms with Crippen LogP contribution in [0, 0.1) is 17.5 Å². The minimum absolute atomic E-state index is 0.137. The Bertz CT molecular complexity index is 617. The molecule has 19 heavy (non-hydrogen) atoms. The molecule has 2 aromatic rings. The van der Waals surface area contributed by atoms with Gasteiger partial charge >= 0.3 is 0 Å². The number of aromatic nitrogens is 2. The van der Waals surface area contributed by atoms with Crippen LogP contribution in [0.4, 0.5) is 13.2 Å². The van der Waals surface area contributed by atoms with Crippen LogP contribution in [0.3, 0.4) is 0 Å². The van der Waals surface area contributed by atoms with Gasteiger partial charge in [0.15, 0.2) is 11.6 Å². The van der Waals surface area contributed by atoms with E-state index >= 15 is 0 Å². The van der Waals surface area contributed by atoms with Crippen LogP contribution in [0.2, 0.25) is 5.15 Å². The van der Waals surface area contributed by atoms with Crippen LogP contribution >= 0.6 is 11.6 Å². The Hall–Kier alpha value is -1.62. The lowest BCUT2D eigenvalue weighted by Crippen LogP contribution is -1.99. The summed E-state index contributed by atoms with van der Waals surface area (Å²) in [4.78, 5) is 8.08. The van der Waals surface area contributed by atoms with Crippen molar-refractivity contribution >= 4 is 11.6 Å². The predicted molar refractivity (Wildman–Crippen MR) is 66.3 cm³/mol. The van der Waals surface area contributed by atoms with Gasteiger partial charge in [-0.2, -0.15) is 0 Å². The summed E-state index contributed by atoms with van der Waals surface area (Å²) in [6.45, 7) is 1.93. The summed E-state index contributed by atoms with van der Waals surface area (Å²) >= 11 is 5.82. The molecule has 1 aromatic heterocycles. The summed E-state index contributed by atoms with van der Waals surface area (Å²) in [7, 11) is 0. The molecule has 6 heteroatoms. The number of hydrogen-bond acceptors (Lipinski definition) is 2. The molecule has 0 fully saturated rings. The molecule has 0 aliphatic rings. The maximum Gasteiger partial charge on any atom is 0.161 e. The highest BCUT2D eigenvalue weighted by Gasteiger charge is 2.14. The number of nitrogens with zero attached hydrogens (tertiary/aromatic N) is 2. The zero-order valence-corrected chi connectivity index (χ0v) is 10.8. The summed E-state index contributed by atoms with van der Waals surface area (Å²) in [6, 6.07) is 2.57. The van der Waals surface area contributed by atoms with Crippen molar-refractivity contribution in [1.29, 1.82) is 0 Å². The Kier molecular flexibility index (Phi) is 4.04. The molecular formula is C13H10ClF3N2. The van der Waals surface area contributed by atoms with E-state index in [1.165, 1.54) is 6.07 Å². The van der Waals surface area contributed by atoms with E-state index < -0.39 is 17.5 Å². The third kappa shape index (κ3) is 3.04. The fourth-order valence-corrected chi connectivity index (χ4v) is 1.86. The standard InChI is InChI=1S/C13H10ClF3N2/c1-2-3-13-18-11(6-12(14)19-13)7-4-9(16)10(17)5-8(7)15/h4-6H,2-3H2,1H3. The van der Waals surface area contributed by atoms with Crippen molar-refractivity contribution in [2.24, 2.45) is 0 Å². The van der Waals surface area contributed by atoms with Crippen LogP contribution < -0.4 is 0 Å². The lowest BCUT2D eigenvalue weighted by molar-refractivity contribution is 0.496. The van der Waals surface area contributed by atoms with Gasteiger partial charge in [0.05, 0.1) is 5.69 Å². The average molecular weight is 287 g/mol. The van der Waals surface area contributed by atoms with E-state index in [4.69, 9.17) is 11.6 Å². The van der Waals surface area contributed by atoms with Crippen molar-refractivity contribution in [2.75, 3.05) is 0 Å². The Morgan fingerprint density at radius 1 is 1.00 bits per heavy atom. The quantitative estimate of drug-likeness (QED) is 0.625. The van der Waals surface area contributed by atoms with Crippen molar-refractivity contribution in [3.8, 4) is 11.3 Å². The summed E-state index contributed by atoms with van der Waals surface area (Å²) < 4.78 is 39.7. The normalized spacial score (nSPS) is 10.8. The van der Waals surface area contributed by atoms with Gasteiger partial charge < -0.3 is 0 Å². The third-order valence-corrected chi connectivity index (χ3v) is 2.69. The summed E-state index contributed by atoms with van der Waals surface area (Å²) in [6.07, 6.45) is 1.36. The van der Waals surface area contributed by atoms with Gasteiger partial charge in [-0.05, 0) is 12.5 Å². The van der Waals surface area contributed by atoms with Crippen molar-refractivity contribution in [3.05, 3.63) is 46.6 Å². The molecule has 0 radical (unpaired) electrons. The van der Waals surface area contributed by atoms with E-state index in [0.717, 1.165) is 12.5 Å². The monoisotopic (exact) mass is 286 g/mol. The summed E-state index contributed by atoms with van der Waals surface area (Å²) in [5.74, 6) is -2.83. The van der Waals surface area contributed by atoms with E-state index in [2.05, 4.69) is 9.97 Å². The summed E-state index contributed by atoms with van der Waals surface area (Å²) in [5, 5.41) is 0.137. The Morgan fingerprint density at radius 2 is 1.68 bits per heavy atom. The van der Waals surface area contributed by atoms with E-state index in [0.29, 0.717) is 18.3 Å². The fourth-order valence-electron chi connectivity index (χ4n) is 1.66. The van der Waals surface area contributed by atoms with Gasteiger partial charge in [-0.15, -0.1) is 0 Å². The van der Waals surface area contributed by atoms with Crippen LogP contribution in [0.15, 0.2) is 18.2 Å². The maximum atomic E-state index is 13.7. The summed E-state index contributed by atoms with van der Waals surface area (Å²) in [5.41, 5.74) is 0.000373. The molecule has 2 nitrogen and oxygen atoms in total. The van der Waals surface area contributed by atoms with E-state index in [-0.39, 0.29) is 16.4 Å². The van der Waals surface area contributed by atoms with Gasteiger partial charge in [0.2, 0.25) is 0 Å². The zero-order chi connectivity index (χ0) is 14.0. The van der Waals surface area contributed by atoms with Crippen LogP contribution in [0.1, 0.15) is 19.2 Å². The van der Waals surface area contributed by atoms with Crippen molar-refractivity contribution in [3.63, 3.8) is 0 Å². The second-order valence-electron chi connectivity index (χ2n) is 3.99. The van der Waals surface area contributed by atoms with Crippen LogP contribution in [-0.4, -0.2) is 9.97 Å². The number of benzene rings is 1. The molecule has 100 valence electrons. The molecule has 0 amide bonds. The first kappa shape index (κ1) is 13.8. The molecule has 0 spiro atoms. The van der Waals surface area contributed by atoms with Gasteiger partial charge in [-0.1, -0.05) is 18.5 Å². The topological polar surface area (TPSA) is 25.8 Å². The van der Waals surface area contributed by atoms with Crippen LogP contribution in [0.25, 0.3) is 11.3 Å². The van der Waals surface area contributed by atoms with Gasteiger partial charge in [0, 0.05) is 24.1 Å². The molecule has 0 N–H and O–H groups in total. The van der Waals surface area contributed by atoms with E-state index in [1.807, 2.05) is 6.92 Å². The number of hydrogen-bond donors (Lipinski definition) is 0. The maximum absolute atomic E-state index is 13.7. The zero-order valence-electron chi connectivity index (χ0n) is 10.1. The molecule has 2 rings (SSSR count).